The van der Waals surface area contributed by atoms with Crippen molar-refractivity contribution >= 4 is 54.9 Å². The van der Waals surface area contributed by atoms with Crippen molar-refractivity contribution in [1.29, 1.82) is 0 Å². The van der Waals surface area contributed by atoms with E-state index < -0.39 is 5.97 Å². The van der Waals surface area contributed by atoms with Crippen molar-refractivity contribution in [2.75, 3.05) is 6.54 Å². The van der Waals surface area contributed by atoms with Crippen LogP contribution in [0, 0.1) is 0 Å². The Morgan fingerprint density at radius 1 is 1.86 bits per heavy atom. The monoisotopic (exact) mass is 229 g/mol. The van der Waals surface area contributed by atoms with Crippen LogP contribution in [0.2, 0.25) is 0 Å². The zero-order chi connectivity index (χ0) is 4.99. The van der Waals surface area contributed by atoms with E-state index in [1.54, 1.807) is 0 Å². The van der Waals surface area contributed by atoms with Crippen LogP contribution in [0.1, 0.15) is 9.27 Å². The van der Waals surface area contributed by atoms with Gasteiger partial charge in [-0.2, -0.15) is 0 Å². The Kier molecular flexibility index (Phi) is 10.9. The van der Waals surface area contributed by atoms with Gasteiger partial charge in [0.15, 0.2) is 0 Å². The van der Waals surface area contributed by atoms with Crippen LogP contribution in [-0.2, 0) is 4.79 Å². The normalized spacial score (nSPS) is 7.00. The maximum Gasteiger partial charge on any atom is 2.00 e. The van der Waals surface area contributed by atoms with Gasteiger partial charge in [0.1, 0.15) is 0 Å². The Balaban J connectivity index is -0.0000000417. The predicted octanol–water partition coefficient (Wildman–Crippen LogP) is -0.736. The molecular weight excluding hydrogens is 219 g/mol. The molecule has 0 fully saturated rings. The minimum absolute atomic E-state index is 0. The first kappa shape index (κ1) is 10.9. The standard InChI is InChI=1S/C3H7NO2.Ba.2H/c4-2-1-3(5)6;;;/h1-2,4H2,(H,5,6);;;/q;+2;2*-1. The minimum atomic E-state index is -0.836. The molecule has 0 rings (SSSR count). The number of rotatable bonds is 2. The largest absolute Gasteiger partial charge is 2.00 e. The molecule has 40 valence electrons. The summed E-state index contributed by atoms with van der Waals surface area (Å²) in [6.07, 6.45) is 0.0694. The van der Waals surface area contributed by atoms with Crippen molar-refractivity contribution in [2.45, 2.75) is 6.42 Å². The molecule has 0 aliphatic rings. The molecule has 0 radical (unpaired) electrons. The molecule has 7 heavy (non-hydrogen) atoms. The number of hydrogen-bond acceptors (Lipinski definition) is 2. The van der Waals surface area contributed by atoms with E-state index in [2.05, 4.69) is 0 Å². The van der Waals surface area contributed by atoms with Crippen molar-refractivity contribution in [1.82, 2.24) is 0 Å². The number of aliphatic carboxylic acids is 1. The topological polar surface area (TPSA) is 63.3 Å². The first-order valence-corrected chi connectivity index (χ1v) is 1.69. The summed E-state index contributed by atoms with van der Waals surface area (Å²) in [7, 11) is 0. The predicted molar refractivity (Wildman–Crippen MR) is 29.3 cm³/mol. The van der Waals surface area contributed by atoms with Crippen LogP contribution in [0.4, 0.5) is 0 Å². The van der Waals surface area contributed by atoms with E-state index in [4.69, 9.17) is 10.8 Å². The maximum absolute atomic E-state index is 9.52. The van der Waals surface area contributed by atoms with Gasteiger partial charge in [0.2, 0.25) is 0 Å². The van der Waals surface area contributed by atoms with Crippen molar-refractivity contribution in [3.05, 3.63) is 0 Å². The summed E-state index contributed by atoms with van der Waals surface area (Å²) in [4.78, 5) is 9.52. The Morgan fingerprint density at radius 2 is 2.29 bits per heavy atom. The third-order valence-corrected chi connectivity index (χ3v) is 0.358. The second kappa shape index (κ2) is 7.00. The van der Waals surface area contributed by atoms with Gasteiger partial charge in [0, 0.05) is 6.54 Å². The van der Waals surface area contributed by atoms with Gasteiger partial charge in [0.25, 0.3) is 0 Å². The number of hydrogen-bond donors (Lipinski definition) is 2. The molecule has 0 spiro atoms. The van der Waals surface area contributed by atoms with Crippen LogP contribution in [0.15, 0.2) is 0 Å². The van der Waals surface area contributed by atoms with E-state index in [0.29, 0.717) is 0 Å². The van der Waals surface area contributed by atoms with E-state index in [0.717, 1.165) is 0 Å². The average Bonchev–Trinajstić information content (AvgIpc) is 1.35. The van der Waals surface area contributed by atoms with Crippen LogP contribution in [-0.4, -0.2) is 66.5 Å². The Labute approximate surface area is 85.3 Å². The van der Waals surface area contributed by atoms with Gasteiger partial charge in [-0.3, -0.25) is 4.79 Å². The van der Waals surface area contributed by atoms with Gasteiger partial charge in [-0.25, -0.2) is 0 Å². The molecule has 0 heterocycles. The SMILES string of the molecule is NCCC(=O)O.[Ba+2].[H-].[H-]. The van der Waals surface area contributed by atoms with Crippen LogP contribution >= 0.6 is 0 Å². The molecule has 0 unspecified atom stereocenters. The molecule has 0 bridgehead atoms. The smallest absolute Gasteiger partial charge is 1.00 e. The molecule has 0 aromatic heterocycles. The summed E-state index contributed by atoms with van der Waals surface area (Å²) in [5, 5.41) is 7.83. The summed E-state index contributed by atoms with van der Waals surface area (Å²) in [6, 6.07) is 0. The third kappa shape index (κ3) is 10.9. The van der Waals surface area contributed by atoms with E-state index in [1.165, 1.54) is 0 Å². The minimum Gasteiger partial charge on any atom is -1.00 e. The maximum atomic E-state index is 9.52. The van der Waals surface area contributed by atoms with Crippen molar-refractivity contribution in [2.24, 2.45) is 5.73 Å². The van der Waals surface area contributed by atoms with Gasteiger partial charge in [0.05, 0.1) is 6.42 Å². The molecule has 0 aromatic rings. The fourth-order valence-electron chi connectivity index (χ4n) is 0.123. The molecule has 4 heteroatoms. The van der Waals surface area contributed by atoms with Crippen molar-refractivity contribution in [3.8, 4) is 0 Å². The Morgan fingerprint density at radius 3 is 2.29 bits per heavy atom. The molecule has 0 atom stereocenters. The Hall–Kier alpha value is 1.00. The van der Waals surface area contributed by atoms with Gasteiger partial charge in [-0.05, 0) is 0 Å². The second-order valence-corrected chi connectivity index (χ2v) is 0.932. The Bertz CT molecular complexity index is 63.8. The number of carboxylic acid groups (broad SMARTS) is 1. The van der Waals surface area contributed by atoms with E-state index in [9.17, 15) is 4.79 Å². The molecule has 3 nitrogen and oxygen atoms in total. The summed E-state index contributed by atoms with van der Waals surface area (Å²) < 4.78 is 0. The van der Waals surface area contributed by atoms with Gasteiger partial charge >= 0.3 is 54.9 Å². The van der Waals surface area contributed by atoms with Crippen LogP contribution < -0.4 is 5.73 Å². The molecule has 0 saturated heterocycles. The van der Waals surface area contributed by atoms with Crippen molar-refractivity contribution in [3.63, 3.8) is 0 Å². The second-order valence-electron chi connectivity index (χ2n) is 0.932. The first-order valence-electron chi connectivity index (χ1n) is 1.69. The zero-order valence-corrected chi connectivity index (χ0v) is 8.49. The van der Waals surface area contributed by atoms with Crippen LogP contribution in [0.3, 0.4) is 0 Å². The molecular formula is C3H9BaNO2. The summed E-state index contributed by atoms with van der Waals surface area (Å²) in [5.74, 6) is -0.836. The molecule has 3 N–H and O–H groups in total. The van der Waals surface area contributed by atoms with E-state index in [-0.39, 0.29) is 64.7 Å². The molecule has 0 amide bonds. The first-order chi connectivity index (χ1) is 2.77. The van der Waals surface area contributed by atoms with Gasteiger partial charge in [-0.1, -0.05) is 0 Å². The molecule has 0 aromatic carbocycles. The third-order valence-electron chi connectivity index (χ3n) is 0.358. The van der Waals surface area contributed by atoms with Crippen LogP contribution in [0.25, 0.3) is 0 Å². The number of nitrogens with two attached hydrogens (primary N) is 1. The zero-order valence-electron chi connectivity index (χ0n) is 6.05. The van der Waals surface area contributed by atoms with Crippen LogP contribution in [0.5, 0.6) is 0 Å². The summed E-state index contributed by atoms with van der Waals surface area (Å²) in [5.41, 5.74) is 4.85. The fraction of sp³-hybridized carbons (Fsp3) is 0.667. The number of carboxylic acids is 1. The fourth-order valence-corrected chi connectivity index (χ4v) is 0.123. The van der Waals surface area contributed by atoms with Gasteiger partial charge in [-0.15, -0.1) is 0 Å². The average molecular weight is 228 g/mol. The molecule has 0 aliphatic heterocycles. The summed E-state index contributed by atoms with van der Waals surface area (Å²) >= 11 is 0. The van der Waals surface area contributed by atoms with E-state index in [1.807, 2.05) is 0 Å². The molecule has 0 saturated carbocycles. The van der Waals surface area contributed by atoms with E-state index >= 15 is 0 Å². The summed E-state index contributed by atoms with van der Waals surface area (Å²) in [6.45, 7) is 0.231. The molecule has 0 aliphatic carbocycles. The number of carbonyl (C=O) groups is 1. The van der Waals surface area contributed by atoms with Gasteiger partial charge < -0.3 is 13.7 Å². The van der Waals surface area contributed by atoms with Crippen molar-refractivity contribution < 1.29 is 12.8 Å². The quantitative estimate of drug-likeness (QED) is 0.612.